The molecular weight excluding hydrogens is 302 g/mol. The summed E-state index contributed by atoms with van der Waals surface area (Å²) in [5.74, 6) is 0. The molecule has 2 heterocycles. The summed E-state index contributed by atoms with van der Waals surface area (Å²) in [6.07, 6.45) is -2.18. The van der Waals surface area contributed by atoms with Crippen LogP contribution in [0.4, 0.5) is 8.78 Å². The second kappa shape index (κ2) is 5.47. The normalized spacial score (nSPS) is 12.1. The molecule has 2 aromatic rings. The summed E-state index contributed by atoms with van der Waals surface area (Å²) >= 11 is 0. The fourth-order valence-corrected chi connectivity index (χ4v) is 2.72. The van der Waals surface area contributed by atoms with Crippen molar-refractivity contribution in [2.24, 2.45) is 0 Å². The fourth-order valence-electron chi connectivity index (χ4n) is 1.97. The zero-order valence-corrected chi connectivity index (χ0v) is 12.5. The van der Waals surface area contributed by atoms with E-state index in [1.165, 1.54) is 0 Å². The van der Waals surface area contributed by atoms with Gasteiger partial charge in [0.2, 0.25) is 5.03 Å². The Labute approximate surface area is 120 Å². The third kappa shape index (κ3) is 3.60. The van der Waals surface area contributed by atoms with Crippen molar-refractivity contribution in [3.8, 4) is 0 Å². The predicted octanol–water partition coefficient (Wildman–Crippen LogP) is 1.68. The average Bonchev–Trinajstić information content (AvgIpc) is 2.71. The molecule has 0 aromatic carbocycles. The van der Waals surface area contributed by atoms with Gasteiger partial charge in [0.1, 0.15) is 6.54 Å². The van der Waals surface area contributed by atoms with E-state index in [1.54, 1.807) is 13.0 Å². The van der Waals surface area contributed by atoms with Crippen LogP contribution >= 0.6 is 0 Å². The molecule has 0 radical (unpaired) electrons. The maximum absolute atomic E-state index is 12.8. The van der Waals surface area contributed by atoms with E-state index in [0.717, 1.165) is 22.3 Å². The number of rotatable bonds is 4. The summed E-state index contributed by atoms with van der Waals surface area (Å²) in [6.45, 7) is 3.71. The molecule has 0 amide bonds. The van der Waals surface area contributed by atoms with Gasteiger partial charge >= 0.3 is 0 Å². The quantitative estimate of drug-likeness (QED) is 0.857. The van der Waals surface area contributed by atoms with E-state index < -0.39 is 27.0 Å². The minimum absolute atomic E-state index is 0.0256. The van der Waals surface area contributed by atoms with Crippen molar-refractivity contribution in [1.82, 2.24) is 20.0 Å². The Morgan fingerprint density at radius 3 is 2.38 bits per heavy atom. The molecule has 9 heteroatoms. The number of hydrogen-bond acceptors (Lipinski definition) is 5. The first-order valence-electron chi connectivity index (χ1n) is 6.04. The first-order chi connectivity index (χ1) is 9.66. The molecule has 2 aromatic heterocycles. The van der Waals surface area contributed by atoms with Crippen LogP contribution in [0, 0.1) is 13.8 Å². The topological polar surface area (TPSA) is 77.7 Å². The summed E-state index contributed by atoms with van der Waals surface area (Å²) in [6, 6.07) is 3.63. The summed E-state index contributed by atoms with van der Waals surface area (Å²) in [7, 11) is -3.86. The third-order valence-corrected chi connectivity index (χ3v) is 3.65. The number of halogens is 2. The number of pyridine rings is 1. The molecule has 0 saturated heterocycles. The molecule has 21 heavy (non-hydrogen) atoms. The van der Waals surface area contributed by atoms with Gasteiger partial charge in [-0.05, 0) is 31.5 Å². The van der Waals surface area contributed by atoms with Gasteiger partial charge in [-0.3, -0.25) is 4.98 Å². The van der Waals surface area contributed by atoms with Crippen LogP contribution in [0.5, 0.6) is 0 Å². The number of sulfone groups is 1. The van der Waals surface area contributed by atoms with Gasteiger partial charge in [-0.2, -0.15) is 9.90 Å². The number of aryl methyl sites for hydroxylation is 2. The average molecular weight is 316 g/mol. The summed E-state index contributed by atoms with van der Waals surface area (Å²) in [5.41, 5.74) is 1.47. The Kier molecular flexibility index (Phi) is 4.04. The summed E-state index contributed by atoms with van der Waals surface area (Å²) < 4.78 is 48.6. The highest BCUT2D eigenvalue weighted by Gasteiger charge is 2.27. The number of nitrogens with zero attached hydrogens (tertiary/aromatic N) is 4. The molecule has 0 atom stereocenters. The SMILES string of the molecule is Cc1cc(C)nc(Cn2nc(C(F)F)c(S(C)(=O)=O)n2)c1. The number of alkyl halides is 2. The number of aromatic nitrogens is 4. The van der Waals surface area contributed by atoms with Crippen LogP contribution in [0.15, 0.2) is 17.2 Å². The molecule has 114 valence electrons. The van der Waals surface area contributed by atoms with Gasteiger partial charge in [0.05, 0.1) is 5.69 Å². The Morgan fingerprint density at radius 2 is 1.90 bits per heavy atom. The lowest BCUT2D eigenvalue weighted by atomic mass is 10.2. The van der Waals surface area contributed by atoms with Crippen LogP contribution in [-0.2, 0) is 16.4 Å². The monoisotopic (exact) mass is 316 g/mol. The van der Waals surface area contributed by atoms with Gasteiger partial charge in [0, 0.05) is 11.9 Å². The van der Waals surface area contributed by atoms with Gasteiger partial charge < -0.3 is 0 Å². The zero-order valence-electron chi connectivity index (χ0n) is 11.7. The van der Waals surface area contributed by atoms with Crippen LogP contribution in [0.2, 0.25) is 0 Å². The lowest BCUT2D eigenvalue weighted by Gasteiger charge is -2.03. The lowest BCUT2D eigenvalue weighted by Crippen LogP contribution is -2.07. The zero-order chi connectivity index (χ0) is 15.8. The fraction of sp³-hybridized carbons (Fsp3) is 0.417. The Hall–Kier alpha value is -1.90. The predicted molar refractivity (Wildman–Crippen MR) is 70.9 cm³/mol. The standard InChI is InChI=1S/C12H14F2N4O2S/c1-7-4-8(2)15-9(5-7)6-18-16-10(11(13)14)12(17-18)21(3,19)20/h4-5,11H,6H2,1-3H3. The van der Waals surface area contributed by atoms with Gasteiger partial charge in [-0.1, -0.05) is 0 Å². The van der Waals surface area contributed by atoms with Gasteiger partial charge in [0.15, 0.2) is 15.5 Å². The highest BCUT2D eigenvalue weighted by atomic mass is 32.2. The molecule has 2 rings (SSSR count). The molecule has 0 aliphatic rings. The molecule has 0 bridgehead atoms. The van der Waals surface area contributed by atoms with Crippen molar-refractivity contribution in [2.75, 3.05) is 6.26 Å². The van der Waals surface area contributed by atoms with Crippen molar-refractivity contribution in [1.29, 1.82) is 0 Å². The van der Waals surface area contributed by atoms with Crippen LogP contribution in [0.1, 0.15) is 29.1 Å². The maximum atomic E-state index is 12.8. The highest BCUT2D eigenvalue weighted by molar-refractivity contribution is 7.90. The van der Waals surface area contributed by atoms with E-state index in [1.807, 2.05) is 13.0 Å². The van der Waals surface area contributed by atoms with Gasteiger partial charge in [0.25, 0.3) is 6.43 Å². The molecule has 0 aliphatic heterocycles. The van der Waals surface area contributed by atoms with Crippen molar-refractivity contribution >= 4 is 9.84 Å². The Morgan fingerprint density at radius 1 is 1.24 bits per heavy atom. The molecule has 6 nitrogen and oxygen atoms in total. The van der Waals surface area contributed by atoms with E-state index >= 15 is 0 Å². The van der Waals surface area contributed by atoms with E-state index in [9.17, 15) is 17.2 Å². The molecule has 0 spiro atoms. The van der Waals surface area contributed by atoms with Crippen LogP contribution in [0.25, 0.3) is 0 Å². The number of hydrogen-bond donors (Lipinski definition) is 0. The minimum atomic E-state index is -3.86. The molecule has 0 saturated carbocycles. The van der Waals surface area contributed by atoms with Gasteiger partial charge in [-0.15, -0.1) is 5.10 Å². The van der Waals surface area contributed by atoms with Gasteiger partial charge in [-0.25, -0.2) is 17.2 Å². The van der Waals surface area contributed by atoms with Crippen LogP contribution in [0.3, 0.4) is 0 Å². The first-order valence-corrected chi connectivity index (χ1v) is 7.93. The first kappa shape index (κ1) is 15.5. The van der Waals surface area contributed by atoms with Crippen molar-refractivity contribution in [3.05, 3.63) is 34.8 Å². The molecule has 0 aliphatic carbocycles. The van der Waals surface area contributed by atoms with E-state index in [0.29, 0.717) is 5.69 Å². The van der Waals surface area contributed by atoms with Crippen molar-refractivity contribution < 1.29 is 17.2 Å². The second-order valence-electron chi connectivity index (χ2n) is 4.77. The van der Waals surface area contributed by atoms with Crippen molar-refractivity contribution in [3.63, 3.8) is 0 Å². The summed E-state index contributed by atoms with van der Waals surface area (Å²) in [5, 5.41) is 6.53. The maximum Gasteiger partial charge on any atom is 0.285 e. The summed E-state index contributed by atoms with van der Waals surface area (Å²) in [4.78, 5) is 5.17. The van der Waals surface area contributed by atoms with Crippen LogP contribution < -0.4 is 0 Å². The minimum Gasteiger partial charge on any atom is -0.256 e. The largest absolute Gasteiger partial charge is 0.285 e. The molecular formula is C12H14F2N4O2S. The molecule has 0 N–H and O–H groups in total. The van der Waals surface area contributed by atoms with Crippen molar-refractivity contribution in [2.45, 2.75) is 31.8 Å². The second-order valence-corrected chi connectivity index (χ2v) is 6.70. The lowest BCUT2D eigenvalue weighted by molar-refractivity contribution is 0.141. The molecule has 0 unspecified atom stereocenters. The molecule has 0 fully saturated rings. The third-order valence-electron chi connectivity index (χ3n) is 2.66. The Bertz CT molecular complexity index is 751. The van der Waals surface area contributed by atoms with E-state index in [2.05, 4.69) is 15.2 Å². The van der Waals surface area contributed by atoms with E-state index in [4.69, 9.17) is 0 Å². The van der Waals surface area contributed by atoms with Crippen LogP contribution in [-0.4, -0.2) is 34.7 Å². The smallest absolute Gasteiger partial charge is 0.256 e. The van der Waals surface area contributed by atoms with E-state index in [-0.39, 0.29) is 6.54 Å². The Balaban J connectivity index is 2.42. The highest BCUT2D eigenvalue weighted by Crippen LogP contribution is 2.23.